The Balaban J connectivity index is 1.66. The summed E-state index contributed by atoms with van der Waals surface area (Å²) in [6.07, 6.45) is 0. The number of benzene rings is 6. The standard InChI is InChI=1S/C40H26N2O2/c43-39-31-23-13-14-24-34(31)41(29-19-9-3-10-20-29)35-26-36-33(25-32(35)39)40(44)37(27-15-5-1-6-16-27)38(28-17-7-2-8-18-28)42(36)30-21-11-4-12-22-30/h1-26H. The minimum absolute atomic E-state index is 0.0938. The Morgan fingerprint density at radius 2 is 0.841 bits per heavy atom. The van der Waals surface area contributed by atoms with E-state index in [2.05, 4.69) is 21.3 Å². The Morgan fingerprint density at radius 3 is 1.48 bits per heavy atom. The topological polar surface area (TPSA) is 44.0 Å². The maximum Gasteiger partial charge on any atom is 0.197 e. The number of nitrogens with zero attached hydrogens (tertiary/aromatic N) is 2. The lowest BCUT2D eigenvalue weighted by atomic mass is 9.94. The lowest BCUT2D eigenvalue weighted by Crippen LogP contribution is -2.17. The van der Waals surface area contributed by atoms with Crippen LogP contribution in [0, 0.1) is 0 Å². The number of aromatic nitrogens is 2. The summed E-state index contributed by atoms with van der Waals surface area (Å²) in [5.41, 5.74) is 7.07. The molecular formula is C40H26N2O2. The first-order valence-electron chi connectivity index (χ1n) is 14.6. The fraction of sp³-hybridized carbons (Fsp3) is 0. The van der Waals surface area contributed by atoms with Gasteiger partial charge in [-0.3, -0.25) is 9.59 Å². The van der Waals surface area contributed by atoms with Crippen LogP contribution >= 0.6 is 0 Å². The van der Waals surface area contributed by atoms with E-state index in [1.807, 2.05) is 146 Å². The molecule has 0 N–H and O–H groups in total. The molecule has 2 aromatic heterocycles. The molecule has 0 amide bonds. The lowest BCUT2D eigenvalue weighted by Gasteiger charge is -2.23. The highest BCUT2D eigenvalue weighted by Crippen LogP contribution is 2.37. The van der Waals surface area contributed by atoms with Crippen molar-refractivity contribution in [1.29, 1.82) is 0 Å². The second-order valence-corrected chi connectivity index (χ2v) is 10.9. The van der Waals surface area contributed by atoms with Crippen LogP contribution in [-0.4, -0.2) is 9.13 Å². The molecule has 0 saturated heterocycles. The molecule has 0 radical (unpaired) electrons. The van der Waals surface area contributed by atoms with Crippen LogP contribution in [0.4, 0.5) is 0 Å². The third-order valence-corrected chi connectivity index (χ3v) is 8.30. The minimum atomic E-state index is -0.113. The molecule has 0 bridgehead atoms. The van der Waals surface area contributed by atoms with Crippen molar-refractivity contribution in [2.24, 2.45) is 0 Å². The zero-order valence-electron chi connectivity index (χ0n) is 23.7. The third-order valence-electron chi connectivity index (χ3n) is 8.30. The molecule has 0 fully saturated rings. The van der Waals surface area contributed by atoms with Crippen LogP contribution in [0.1, 0.15) is 0 Å². The van der Waals surface area contributed by atoms with E-state index >= 15 is 0 Å². The Morgan fingerprint density at radius 1 is 0.364 bits per heavy atom. The summed E-state index contributed by atoms with van der Waals surface area (Å²) in [6.45, 7) is 0. The molecule has 208 valence electrons. The number of rotatable bonds is 4. The molecule has 0 unspecified atom stereocenters. The zero-order valence-corrected chi connectivity index (χ0v) is 23.7. The average molecular weight is 567 g/mol. The molecule has 6 aromatic carbocycles. The lowest BCUT2D eigenvalue weighted by molar-refractivity contribution is 1.10. The number of pyridine rings is 2. The van der Waals surface area contributed by atoms with E-state index in [1.54, 1.807) is 0 Å². The van der Waals surface area contributed by atoms with Crippen LogP contribution in [0.2, 0.25) is 0 Å². The van der Waals surface area contributed by atoms with Crippen LogP contribution < -0.4 is 10.9 Å². The molecule has 0 aliphatic carbocycles. The predicted molar refractivity (Wildman–Crippen MR) is 181 cm³/mol. The van der Waals surface area contributed by atoms with Crippen molar-refractivity contribution in [3.05, 3.63) is 178 Å². The van der Waals surface area contributed by atoms with Crippen molar-refractivity contribution in [1.82, 2.24) is 9.13 Å². The van der Waals surface area contributed by atoms with E-state index in [-0.39, 0.29) is 10.9 Å². The van der Waals surface area contributed by atoms with Crippen molar-refractivity contribution in [3.63, 3.8) is 0 Å². The van der Waals surface area contributed by atoms with Gasteiger partial charge in [-0.1, -0.05) is 109 Å². The molecule has 8 rings (SSSR count). The van der Waals surface area contributed by atoms with Gasteiger partial charge < -0.3 is 9.13 Å². The normalized spacial score (nSPS) is 11.4. The van der Waals surface area contributed by atoms with Gasteiger partial charge in [0, 0.05) is 27.5 Å². The molecule has 0 saturated carbocycles. The quantitative estimate of drug-likeness (QED) is 0.200. The Hall–Kier alpha value is -6.00. The molecule has 44 heavy (non-hydrogen) atoms. The van der Waals surface area contributed by atoms with Crippen LogP contribution in [0.25, 0.3) is 66.5 Å². The van der Waals surface area contributed by atoms with Crippen LogP contribution in [0.15, 0.2) is 167 Å². The van der Waals surface area contributed by atoms with E-state index in [0.29, 0.717) is 21.7 Å². The van der Waals surface area contributed by atoms with Gasteiger partial charge in [-0.05, 0) is 59.7 Å². The minimum Gasteiger partial charge on any atom is -0.309 e. The highest BCUT2D eigenvalue weighted by molar-refractivity contribution is 6.04. The van der Waals surface area contributed by atoms with Gasteiger partial charge in [0.15, 0.2) is 10.9 Å². The van der Waals surface area contributed by atoms with Crippen LogP contribution in [0.3, 0.4) is 0 Å². The van der Waals surface area contributed by atoms with Crippen molar-refractivity contribution < 1.29 is 0 Å². The molecule has 0 aliphatic heterocycles. The summed E-state index contributed by atoms with van der Waals surface area (Å²) in [5, 5.41) is 1.60. The Bertz CT molecular complexity index is 2450. The maximum absolute atomic E-state index is 14.8. The van der Waals surface area contributed by atoms with Gasteiger partial charge in [-0.2, -0.15) is 0 Å². The predicted octanol–water partition coefficient (Wildman–Crippen LogP) is 8.78. The first-order valence-corrected chi connectivity index (χ1v) is 14.6. The Kier molecular flexibility index (Phi) is 6.05. The van der Waals surface area contributed by atoms with Crippen molar-refractivity contribution >= 4 is 32.7 Å². The fourth-order valence-corrected chi connectivity index (χ4v) is 6.36. The highest BCUT2D eigenvalue weighted by Gasteiger charge is 2.23. The maximum atomic E-state index is 14.8. The molecule has 4 nitrogen and oxygen atoms in total. The molecule has 0 atom stereocenters. The van der Waals surface area contributed by atoms with Gasteiger partial charge >= 0.3 is 0 Å². The van der Waals surface area contributed by atoms with Gasteiger partial charge in [0.25, 0.3) is 0 Å². The SMILES string of the molecule is O=c1c(-c2ccccc2)c(-c2ccccc2)n(-c2ccccc2)c2cc3c(cc12)c(=O)c1ccccc1n3-c1ccccc1. The van der Waals surface area contributed by atoms with Crippen LogP contribution in [-0.2, 0) is 0 Å². The van der Waals surface area contributed by atoms with Gasteiger partial charge in [0.1, 0.15) is 0 Å². The van der Waals surface area contributed by atoms with E-state index in [0.717, 1.165) is 44.7 Å². The molecule has 0 spiro atoms. The fourth-order valence-electron chi connectivity index (χ4n) is 6.36. The van der Waals surface area contributed by atoms with Crippen molar-refractivity contribution in [2.45, 2.75) is 0 Å². The van der Waals surface area contributed by atoms with Gasteiger partial charge in [0.05, 0.1) is 27.8 Å². The summed E-state index contributed by atoms with van der Waals surface area (Å²) in [7, 11) is 0. The summed E-state index contributed by atoms with van der Waals surface area (Å²) >= 11 is 0. The Labute approximate surface area is 253 Å². The van der Waals surface area contributed by atoms with Gasteiger partial charge in [-0.25, -0.2) is 0 Å². The van der Waals surface area contributed by atoms with E-state index in [4.69, 9.17) is 0 Å². The second-order valence-electron chi connectivity index (χ2n) is 10.9. The third kappa shape index (κ3) is 4.00. The summed E-state index contributed by atoms with van der Waals surface area (Å²) in [5.74, 6) is 0. The number of fused-ring (bicyclic) bond motifs is 3. The molecule has 8 aromatic rings. The van der Waals surface area contributed by atoms with E-state index in [9.17, 15) is 9.59 Å². The summed E-state index contributed by atoms with van der Waals surface area (Å²) in [6, 6.07) is 51.5. The largest absolute Gasteiger partial charge is 0.309 e. The van der Waals surface area contributed by atoms with Gasteiger partial charge in [-0.15, -0.1) is 0 Å². The number of hydrogen-bond donors (Lipinski definition) is 0. The number of hydrogen-bond acceptors (Lipinski definition) is 2. The average Bonchev–Trinajstić information content (AvgIpc) is 3.09. The molecule has 0 aliphatic rings. The van der Waals surface area contributed by atoms with Crippen molar-refractivity contribution in [3.8, 4) is 33.8 Å². The first kappa shape index (κ1) is 25.7. The van der Waals surface area contributed by atoms with Crippen molar-refractivity contribution in [2.75, 3.05) is 0 Å². The molecule has 2 heterocycles. The monoisotopic (exact) mass is 566 g/mol. The van der Waals surface area contributed by atoms with Gasteiger partial charge in [0.2, 0.25) is 0 Å². The summed E-state index contributed by atoms with van der Waals surface area (Å²) < 4.78 is 4.29. The van der Waals surface area contributed by atoms with E-state index in [1.165, 1.54) is 0 Å². The molecular weight excluding hydrogens is 540 g/mol. The van der Waals surface area contributed by atoms with Crippen LogP contribution in [0.5, 0.6) is 0 Å². The number of para-hydroxylation sites is 3. The summed E-state index contributed by atoms with van der Waals surface area (Å²) in [4.78, 5) is 28.9. The molecule has 4 heteroatoms. The second kappa shape index (κ2) is 10.4. The zero-order chi connectivity index (χ0) is 29.6. The highest BCUT2D eigenvalue weighted by atomic mass is 16.1. The smallest absolute Gasteiger partial charge is 0.197 e. The first-order chi connectivity index (χ1) is 21.7. The van der Waals surface area contributed by atoms with E-state index < -0.39 is 0 Å².